The van der Waals surface area contributed by atoms with Gasteiger partial charge in [0.25, 0.3) is 0 Å². The van der Waals surface area contributed by atoms with E-state index >= 15 is 0 Å². The first-order chi connectivity index (χ1) is 16.5. The number of allylic oxidation sites excluding steroid dienone is 2. The molecule has 186 valence electrons. The molecule has 0 aliphatic carbocycles. The summed E-state index contributed by atoms with van der Waals surface area (Å²) in [5.74, 6) is 1.74. The molecule has 3 rings (SSSR count). The highest BCUT2D eigenvalue weighted by Crippen LogP contribution is 2.31. The van der Waals surface area contributed by atoms with Crippen LogP contribution in [0.2, 0.25) is 0 Å². The summed E-state index contributed by atoms with van der Waals surface area (Å²) in [5, 5.41) is 3.21. The molecule has 0 unspecified atom stereocenters. The van der Waals surface area contributed by atoms with Crippen molar-refractivity contribution in [1.29, 1.82) is 0 Å². The van der Waals surface area contributed by atoms with Crippen LogP contribution in [0.1, 0.15) is 39.0 Å². The Morgan fingerprint density at radius 1 is 1.24 bits per heavy atom. The van der Waals surface area contributed by atoms with Crippen LogP contribution in [0, 0.1) is 5.92 Å². The van der Waals surface area contributed by atoms with Crippen molar-refractivity contribution in [3.63, 3.8) is 0 Å². The first kappa shape index (κ1) is 25.6. The molecule has 1 aromatic carbocycles. The Morgan fingerprint density at radius 3 is 2.65 bits per heavy atom. The van der Waals surface area contributed by atoms with Gasteiger partial charge in [-0.15, -0.1) is 0 Å². The zero-order valence-corrected chi connectivity index (χ0v) is 20.6. The number of primary amides is 1. The molecule has 0 saturated carbocycles. The maximum absolute atomic E-state index is 11.3. The summed E-state index contributed by atoms with van der Waals surface area (Å²) in [6.45, 7) is 11.8. The highest BCUT2D eigenvalue weighted by atomic mass is 16.5. The lowest BCUT2D eigenvalue weighted by Gasteiger charge is -2.32. The van der Waals surface area contributed by atoms with Gasteiger partial charge in [-0.3, -0.25) is 4.79 Å². The number of ether oxygens (including phenoxy) is 2. The number of amides is 1. The minimum absolute atomic E-state index is 0.00913. The molecule has 2 aliphatic heterocycles. The molecular weight excluding hydrogens is 430 g/mol. The number of piperidine rings is 1. The number of aliphatic imine (C=N–C) groups is 1. The van der Waals surface area contributed by atoms with Crippen molar-refractivity contribution in [3.8, 4) is 11.5 Å². The van der Waals surface area contributed by atoms with E-state index in [1.54, 1.807) is 13.3 Å². The highest BCUT2D eigenvalue weighted by Gasteiger charge is 2.22. The summed E-state index contributed by atoms with van der Waals surface area (Å²) in [6.07, 6.45) is 8.89. The van der Waals surface area contributed by atoms with E-state index < -0.39 is 0 Å². The molecule has 0 spiro atoms. The maximum Gasteiger partial charge on any atom is 0.220 e. The van der Waals surface area contributed by atoms with Crippen LogP contribution in [0.3, 0.4) is 0 Å². The molecule has 0 atom stereocenters. The van der Waals surface area contributed by atoms with Crippen molar-refractivity contribution in [2.45, 2.75) is 39.0 Å². The third kappa shape index (κ3) is 7.80. The predicted octanol–water partition coefficient (Wildman–Crippen LogP) is 3.61. The van der Waals surface area contributed by atoms with Gasteiger partial charge in [0.15, 0.2) is 11.5 Å². The zero-order valence-electron chi connectivity index (χ0n) is 20.6. The fourth-order valence-corrected chi connectivity index (χ4v) is 4.40. The number of hydrogen-bond donors (Lipinski definition) is 2. The van der Waals surface area contributed by atoms with Gasteiger partial charge < -0.3 is 30.3 Å². The van der Waals surface area contributed by atoms with Crippen molar-refractivity contribution in [3.05, 3.63) is 42.4 Å². The number of nitrogens with one attached hydrogen (secondary N) is 1. The molecule has 8 nitrogen and oxygen atoms in total. The van der Waals surface area contributed by atoms with E-state index in [0.29, 0.717) is 23.9 Å². The first-order valence-electron chi connectivity index (χ1n) is 12.2. The Morgan fingerprint density at radius 2 is 1.97 bits per heavy atom. The van der Waals surface area contributed by atoms with E-state index in [0.717, 1.165) is 50.3 Å². The molecule has 8 heteroatoms. The molecule has 0 aromatic heterocycles. The van der Waals surface area contributed by atoms with Gasteiger partial charge in [-0.1, -0.05) is 6.58 Å². The Bertz CT molecular complexity index is 884. The van der Waals surface area contributed by atoms with E-state index in [1.165, 1.54) is 25.9 Å². The monoisotopic (exact) mass is 469 g/mol. The van der Waals surface area contributed by atoms with Gasteiger partial charge in [-0.05, 0) is 70.3 Å². The number of nitrogens with two attached hydrogens (primary N) is 1. The normalized spacial score (nSPS) is 17.8. The lowest BCUT2D eigenvalue weighted by molar-refractivity contribution is -0.123. The van der Waals surface area contributed by atoms with Crippen molar-refractivity contribution in [2.75, 3.05) is 51.8 Å². The third-order valence-corrected chi connectivity index (χ3v) is 6.47. The van der Waals surface area contributed by atoms with Crippen LogP contribution in [0.15, 0.2) is 47.4 Å². The number of rotatable bonds is 12. The van der Waals surface area contributed by atoms with E-state index in [2.05, 4.69) is 26.7 Å². The SMILES string of the molecule is C=C(/N=C\C=C(/C)N1CCC(C(N)=O)CC1)Nc1ccc(OC)c(OCCCN2CCCC2)c1. The van der Waals surface area contributed by atoms with E-state index in [9.17, 15) is 4.79 Å². The van der Waals surface area contributed by atoms with Gasteiger partial charge in [0.2, 0.25) is 5.91 Å². The Kier molecular flexibility index (Phi) is 9.82. The van der Waals surface area contributed by atoms with Crippen molar-refractivity contribution >= 4 is 17.8 Å². The molecule has 3 N–H and O–H groups in total. The molecule has 1 aromatic rings. The Hall–Kier alpha value is -3.00. The number of carbonyl (C=O) groups is 1. The van der Waals surface area contributed by atoms with Gasteiger partial charge in [0.05, 0.1) is 13.7 Å². The molecule has 2 fully saturated rings. The predicted molar refractivity (Wildman–Crippen MR) is 137 cm³/mol. The van der Waals surface area contributed by atoms with Crippen molar-refractivity contribution in [1.82, 2.24) is 9.80 Å². The average Bonchev–Trinajstić information content (AvgIpc) is 3.35. The number of benzene rings is 1. The smallest absolute Gasteiger partial charge is 0.220 e. The van der Waals surface area contributed by atoms with Crippen molar-refractivity contribution in [2.24, 2.45) is 16.6 Å². The fraction of sp³-hybridized carbons (Fsp3) is 0.538. The van der Waals surface area contributed by atoms with Gasteiger partial charge in [0, 0.05) is 49.2 Å². The van der Waals surface area contributed by atoms with Crippen LogP contribution in [0.25, 0.3) is 0 Å². The van der Waals surface area contributed by atoms with Crippen LogP contribution in [-0.4, -0.2) is 68.4 Å². The van der Waals surface area contributed by atoms with Crippen LogP contribution >= 0.6 is 0 Å². The second kappa shape index (κ2) is 13.0. The average molecular weight is 470 g/mol. The van der Waals surface area contributed by atoms with E-state index in [-0.39, 0.29) is 11.8 Å². The fourth-order valence-electron chi connectivity index (χ4n) is 4.40. The van der Waals surface area contributed by atoms with E-state index in [4.69, 9.17) is 15.2 Å². The highest BCUT2D eigenvalue weighted by molar-refractivity contribution is 5.76. The second-order valence-corrected chi connectivity index (χ2v) is 8.94. The van der Waals surface area contributed by atoms with Crippen LogP contribution in [-0.2, 0) is 4.79 Å². The number of hydrogen-bond acceptors (Lipinski definition) is 7. The van der Waals surface area contributed by atoms with Gasteiger partial charge >= 0.3 is 0 Å². The van der Waals surface area contributed by atoms with Crippen LogP contribution in [0.4, 0.5) is 5.69 Å². The number of nitrogens with zero attached hydrogens (tertiary/aromatic N) is 3. The lowest BCUT2D eigenvalue weighted by Crippen LogP contribution is -2.37. The molecule has 0 radical (unpaired) electrons. The number of anilines is 1. The molecular formula is C26H39N5O3. The van der Waals surface area contributed by atoms with E-state index in [1.807, 2.05) is 31.2 Å². The quantitative estimate of drug-likeness (QED) is 0.359. The lowest BCUT2D eigenvalue weighted by atomic mass is 9.96. The topological polar surface area (TPSA) is 92.4 Å². The van der Waals surface area contributed by atoms with Crippen LogP contribution in [0.5, 0.6) is 11.5 Å². The Labute approximate surface area is 203 Å². The summed E-state index contributed by atoms with van der Waals surface area (Å²) in [7, 11) is 1.65. The first-order valence-corrected chi connectivity index (χ1v) is 12.2. The summed E-state index contributed by atoms with van der Waals surface area (Å²) in [6, 6.07) is 5.72. The summed E-state index contributed by atoms with van der Waals surface area (Å²) >= 11 is 0. The minimum Gasteiger partial charge on any atom is -0.493 e. The molecule has 0 bridgehead atoms. The second-order valence-electron chi connectivity index (χ2n) is 8.94. The summed E-state index contributed by atoms with van der Waals surface area (Å²) in [5.41, 5.74) is 7.36. The standard InChI is InChI=1S/C26H39N5O3/c1-20(31-16-10-22(11-17-31)26(27)32)9-12-28-21(2)29-23-7-8-24(33-3)25(19-23)34-18-6-15-30-13-4-5-14-30/h7-9,12,19,22,29H,2,4-6,10-11,13-18H2,1,3H3,(H2,27,32)/b20-9+,28-12-. The zero-order chi connectivity index (χ0) is 24.3. The largest absolute Gasteiger partial charge is 0.493 e. The molecule has 2 aliphatic rings. The number of methoxy groups -OCH3 is 1. The molecule has 34 heavy (non-hydrogen) atoms. The van der Waals surface area contributed by atoms with Crippen molar-refractivity contribution < 1.29 is 14.3 Å². The Balaban J connectivity index is 1.47. The maximum atomic E-state index is 11.3. The summed E-state index contributed by atoms with van der Waals surface area (Å²) < 4.78 is 11.5. The van der Waals surface area contributed by atoms with Crippen LogP contribution < -0.4 is 20.5 Å². The number of likely N-dealkylation sites (tertiary alicyclic amines) is 2. The molecule has 2 heterocycles. The number of carbonyl (C=O) groups excluding carboxylic acids is 1. The van der Waals surface area contributed by atoms with Gasteiger partial charge in [0.1, 0.15) is 5.82 Å². The molecule has 2 saturated heterocycles. The summed E-state index contributed by atoms with van der Waals surface area (Å²) in [4.78, 5) is 20.5. The molecule has 1 amide bonds. The minimum atomic E-state index is -0.195. The van der Waals surface area contributed by atoms with Gasteiger partial charge in [-0.2, -0.15) is 0 Å². The third-order valence-electron chi connectivity index (χ3n) is 6.47. The van der Waals surface area contributed by atoms with Gasteiger partial charge in [-0.25, -0.2) is 4.99 Å².